The van der Waals surface area contributed by atoms with Gasteiger partial charge >= 0.3 is 0 Å². The van der Waals surface area contributed by atoms with E-state index in [2.05, 4.69) is 12.2 Å². The number of benzene rings is 1. The van der Waals surface area contributed by atoms with Gasteiger partial charge in [0.1, 0.15) is 6.54 Å². The van der Waals surface area contributed by atoms with E-state index >= 15 is 0 Å². The number of amides is 2. The van der Waals surface area contributed by atoms with Crippen molar-refractivity contribution in [2.45, 2.75) is 13.3 Å². The normalized spacial score (nSPS) is 16.2. The van der Waals surface area contributed by atoms with Gasteiger partial charge in [-0.05, 0) is 24.1 Å². The van der Waals surface area contributed by atoms with Crippen molar-refractivity contribution < 1.29 is 9.59 Å². The molecule has 0 saturated carbocycles. The molecule has 4 heteroatoms. The molecule has 2 rings (SSSR count). The minimum Gasteiger partial charge on any atom is -0.345 e. The van der Waals surface area contributed by atoms with Crippen LogP contribution in [0, 0.1) is 0 Å². The predicted molar refractivity (Wildman–Crippen MR) is 61.2 cm³/mol. The lowest BCUT2D eigenvalue weighted by molar-refractivity contribution is -0.128. The highest BCUT2D eigenvalue weighted by atomic mass is 16.2. The van der Waals surface area contributed by atoms with E-state index in [1.807, 2.05) is 24.3 Å². The second kappa shape index (κ2) is 4.35. The second-order valence-corrected chi connectivity index (χ2v) is 3.78. The lowest BCUT2D eigenvalue weighted by atomic mass is 10.1. The Bertz CT molecular complexity index is 412. The number of nitrogens with zero attached hydrogens (tertiary/aromatic N) is 1. The maximum atomic E-state index is 11.6. The smallest absolute Gasteiger partial charge is 0.246 e. The minimum absolute atomic E-state index is 0.0659. The molecule has 1 fully saturated rings. The molecule has 1 heterocycles. The van der Waals surface area contributed by atoms with Gasteiger partial charge in [-0.1, -0.05) is 19.1 Å². The van der Waals surface area contributed by atoms with Gasteiger partial charge in [0, 0.05) is 5.69 Å². The summed E-state index contributed by atoms with van der Waals surface area (Å²) in [5, 5.41) is 2.52. The molecule has 2 amide bonds. The highest BCUT2D eigenvalue weighted by molar-refractivity contribution is 6.04. The van der Waals surface area contributed by atoms with Crippen molar-refractivity contribution in [3.63, 3.8) is 0 Å². The molecular formula is C12H14N2O2. The van der Waals surface area contributed by atoms with Gasteiger partial charge in [-0.15, -0.1) is 0 Å². The summed E-state index contributed by atoms with van der Waals surface area (Å²) < 4.78 is 0. The van der Waals surface area contributed by atoms with Crippen LogP contribution in [-0.4, -0.2) is 24.9 Å². The molecule has 0 aliphatic carbocycles. The summed E-state index contributed by atoms with van der Waals surface area (Å²) in [5.41, 5.74) is 2.01. The zero-order chi connectivity index (χ0) is 11.5. The van der Waals surface area contributed by atoms with Crippen molar-refractivity contribution in [1.29, 1.82) is 0 Å². The number of carbonyl (C=O) groups is 2. The number of hydrogen-bond donors (Lipinski definition) is 1. The molecule has 16 heavy (non-hydrogen) atoms. The Kier molecular flexibility index (Phi) is 2.90. The van der Waals surface area contributed by atoms with Crippen LogP contribution in [0.5, 0.6) is 0 Å². The summed E-state index contributed by atoms with van der Waals surface area (Å²) in [6.07, 6.45) is 0.967. The third kappa shape index (κ3) is 2.05. The fraction of sp³-hybridized carbons (Fsp3) is 0.333. The van der Waals surface area contributed by atoms with E-state index in [9.17, 15) is 9.59 Å². The molecule has 0 atom stereocenters. The maximum Gasteiger partial charge on any atom is 0.246 e. The topological polar surface area (TPSA) is 49.4 Å². The van der Waals surface area contributed by atoms with E-state index in [-0.39, 0.29) is 24.9 Å². The summed E-state index contributed by atoms with van der Waals surface area (Å²) in [7, 11) is 0. The largest absolute Gasteiger partial charge is 0.345 e. The molecule has 4 nitrogen and oxygen atoms in total. The standard InChI is InChI=1S/C12H14N2O2/c1-2-9-3-5-10(6-4-9)14-8-11(15)13-7-12(14)16/h3-6H,2,7-8H2,1H3,(H,13,15). The Morgan fingerprint density at radius 3 is 2.56 bits per heavy atom. The highest BCUT2D eigenvalue weighted by Crippen LogP contribution is 2.16. The molecule has 1 aromatic rings. The van der Waals surface area contributed by atoms with E-state index in [1.165, 1.54) is 10.5 Å². The van der Waals surface area contributed by atoms with Crippen molar-refractivity contribution in [3.8, 4) is 0 Å². The molecule has 1 N–H and O–H groups in total. The van der Waals surface area contributed by atoms with Gasteiger partial charge in [0.15, 0.2) is 0 Å². The fourth-order valence-corrected chi connectivity index (χ4v) is 1.70. The van der Waals surface area contributed by atoms with Crippen LogP contribution in [0.3, 0.4) is 0 Å². The first-order valence-corrected chi connectivity index (χ1v) is 5.36. The number of nitrogens with one attached hydrogen (secondary N) is 1. The highest BCUT2D eigenvalue weighted by Gasteiger charge is 2.23. The van der Waals surface area contributed by atoms with Gasteiger partial charge < -0.3 is 10.2 Å². The Hall–Kier alpha value is -1.84. The molecule has 0 aromatic heterocycles. The second-order valence-electron chi connectivity index (χ2n) is 3.78. The number of aryl methyl sites for hydroxylation is 1. The molecule has 1 aliphatic rings. The van der Waals surface area contributed by atoms with Crippen LogP contribution < -0.4 is 10.2 Å². The van der Waals surface area contributed by atoms with Crippen LogP contribution >= 0.6 is 0 Å². The van der Waals surface area contributed by atoms with Crippen LogP contribution in [0.1, 0.15) is 12.5 Å². The van der Waals surface area contributed by atoms with Crippen molar-refractivity contribution in [3.05, 3.63) is 29.8 Å². The Balaban J connectivity index is 2.21. The van der Waals surface area contributed by atoms with Gasteiger partial charge in [0.2, 0.25) is 11.8 Å². The zero-order valence-electron chi connectivity index (χ0n) is 9.19. The first-order chi connectivity index (χ1) is 7.70. The van der Waals surface area contributed by atoms with Crippen molar-refractivity contribution in [2.75, 3.05) is 18.0 Å². The third-order valence-corrected chi connectivity index (χ3v) is 2.70. The Labute approximate surface area is 94.2 Å². The Morgan fingerprint density at radius 1 is 1.25 bits per heavy atom. The minimum atomic E-state index is -0.112. The van der Waals surface area contributed by atoms with Crippen LogP contribution in [0.15, 0.2) is 24.3 Å². The summed E-state index contributed by atoms with van der Waals surface area (Å²) in [4.78, 5) is 24.3. The number of hydrogen-bond acceptors (Lipinski definition) is 2. The average Bonchev–Trinajstić information content (AvgIpc) is 2.32. The molecular weight excluding hydrogens is 204 g/mol. The van der Waals surface area contributed by atoms with E-state index in [1.54, 1.807) is 0 Å². The van der Waals surface area contributed by atoms with Gasteiger partial charge in [-0.25, -0.2) is 0 Å². The molecule has 1 aliphatic heterocycles. The lowest BCUT2D eigenvalue weighted by Crippen LogP contribution is -2.51. The monoisotopic (exact) mass is 218 g/mol. The quantitative estimate of drug-likeness (QED) is 0.794. The molecule has 1 aromatic carbocycles. The van der Waals surface area contributed by atoms with E-state index in [0.717, 1.165) is 12.1 Å². The molecule has 0 radical (unpaired) electrons. The van der Waals surface area contributed by atoms with Gasteiger partial charge in [-0.3, -0.25) is 9.59 Å². The summed E-state index contributed by atoms with van der Waals surface area (Å²) in [6.45, 7) is 2.28. The molecule has 1 saturated heterocycles. The van der Waals surface area contributed by atoms with E-state index in [0.29, 0.717) is 0 Å². The van der Waals surface area contributed by atoms with Crippen LogP contribution in [0.2, 0.25) is 0 Å². The SMILES string of the molecule is CCc1ccc(N2CC(=O)NCC2=O)cc1. The molecule has 0 spiro atoms. The van der Waals surface area contributed by atoms with Crippen LogP contribution in [0.25, 0.3) is 0 Å². The van der Waals surface area contributed by atoms with Crippen LogP contribution in [0.4, 0.5) is 5.69 Å². The molecule has 0 unspecified atom stereocenters. The van der Waals surface area contributed by atoms with Gasteiger partial charge in [0.25, 0.3) is 0 Å². The molecule has 84 valence electrons. The zero-order valence-corrected chi connectivity index (χ0v) is 9.19. The van der Waals surface area contributed by atoms with Gasteiger partial charge in [0.05, 0.1) is 6.54 Å². The summed E-state index contributed by atoms with van der Waals surface area (Å²) >= 11 is 0. The van der Waals surface area contributed by atoms with E-state index < -0.39 is 0 Å². The predicted octanol–water partition coefficient (Wildman–Crippen LogP) is 0.712. The van der Waals surface area contributed by atoms with Crippen molar-refractivity contribution in [1.82, 2.24) is 5.32 Å². The van der Waals surface area contributed by atoms with E-state index in [4.69, 9.17) is 0 Å². The van der Waals surface area contributed by atoms with Gasteiger partial charge in [-0.2, -0.15) is 0 Å². The third-order valence-electron chi connectivity index (χ3n) is 2.70. The summed E-state index contributed by atoms with van der Waals surface area (Å²) in [6, 6.07) is 7.73. The number of piperazine rings is 1. The maximum absolute atomic E-state index is 11.6. The number of anilines is 1. The Morgan fingerprint density at radius 2 is 1.94 bits per heavy atom. The average molecular weight is 218 g/mol. The first-order valence-electron chi connectivity index (χ1n) is 5.36. The number of rotatable bonds is 2. The summed E-state index contributed by atoms with van der Waals surface area (Å²) in [5.74, 6) is -0.178. The lowest BCUT2D eigenvalue weighted by Gasteiger charge is -2.26. The van der Waals surface area contributed by atoms with Crippen molar-refractivity contribution in [2.24, 2.45) is 0 Å². The van der Waals surface area contributed by atoms with Crippen LogP contribution in [-0.2, 0) is 16.0 Å². The van der Waals surface area contributed by atoms with Crippen molar-refractivity contribution >= 4 is 17.5 Å². The fourth-order valence-electron chi connectivity index (χ4n) is 1.70. The molecule has 0 bridgehead atoms. The number of carbonyl (C=O) groups excluding carboxylic acids is 2. The first kappa shape index (κ1) is 10.7.